The van der Waals surface area contributed by atoms with Crippen LogP contribution in [0.15, 0.2) is 53.7 Å². The highest BCUT2D eigenvalue weighted by atomic mass is 16.6. The molecule has 1 N–H and O–H groups in total. The second kappa shape index (κ2) is 10.9. The first kappa shape index (κ1) is 23.4. The Balaban J connectivity index is 1.29. The lowest BCUT2D eigenvalue weighted by Gasteiger charge is -2.29. The molecular weight excluding hydrogens is 436 g/mol. The van der Waals surface area contributed by atoms with Gasteiger partial charge in [0.2, 0.25) is 5.91 Å². The first-order valence-corrected chi connectivity index (χ1v) is 11.5. The Bertz CT molecular complexity index is 1040. The smallest absolute Gasteiger partial charge is 0.414 e. The molecule has 0 saturated carbocycles. The summed E-state index contributed by atoms with van der Waals surface area (Å²) in [5.74, 6) is 1.17. The number of unbranched alkanes of at least 4 members (excludes halogenated alkanes) is 1. The van der Waals surface area contributed by atoms with Crippen molar-refractivity contribution in [2.75, 3.05) is 43.2 Å². The molecule has 2 amide bonds. The summed E-state index contributed by atoms with van der Waals surface area (Å²) in [4.78, 5) is 32.4. The van der Waals surface area contributed by atoms with Gasteiger partial charge in [0.05, 0.1) is 24.5 Å². The Labute approximate surface area is 199 Å². The van der Waals surface area contributed by atoms with E-state index in [1.165, 1.54) is 17.4 Å². The van der Waals surface area contributed by atoms with Gasteiger partial charge in [-0.1, -0.05) is 35.5 Å². The summed E-state index contributed by atoms with van der Waals surface area (Å²) < 4.78 is 11.2. The average Bonchev–Trinajstić information content (AvgIpc) is 3.22. The lowest BCUT2D eigenvalue weighted by molar-refractivity contribution is -0.119. The van der Waals surface area contributed by atoms with Gasteiger partial charge >= 0.3 is 6.09 Å². The van der Waals surface area contributed by atoms with E-state index in [4.69, 9.17) is 14.3 Å². The number of likely N-dealkylation sites (N-methyl/N-ethyl adjacent to an activating group) is 1. The monoisotopic (exact) mass is 466 g/mol. The minimum absolute atomic E-state index is 0.159. The third-order valence-corrected chi connectivity index (χ3v) is 5.78. The number of nitrogens with zero attached hydrogens (tertiary/aromatic N) is 3. The fourth-order valence-corrected chi connectivity index (χ4v) is 3.89. The molecule has 2 aromatic rings. The summed E-state index contributed by atoms with van der Waals surface area (Å²) in [6.07, 6.45) is 2.16. The van der Waals surface area contributed by atoms with Crippen LogP contribution in [0.4, 0.5) is 16.2 Å². The molecule has 4 rings (SSSR count). The van der Waals surface area contributed by atoms with Crippen LogP contribution in [-0.4, -0.2) is 57.3 Å². The fourth-order valence-electron chi connectivity index (χ4n) is 3.89. The van der Waals surface area contributed by atoms with E-state index >= 15 is 0 Å². The molecule has 2 aliphatic rings. The van der Waals surface area contributed by atoms with E-state index in [1.807, 2.05) is 36.2 Å². The number of rotatable bonds is 9. The maximum absolute atomic E-state index is 12.3. The zero-order valence-corrected chi connectivity index (χ0v) is 19.5. The summed E-state index contributed by atoms with van der Waals surface area (Å²) >= 11 is 0. The quantitative estimate of drug-likeness (QED) is 0.450. The second-order valence-corrected chi connectivity index (χ2v) is 8.34. The van der Waals surface area contributed by atoms with E-state index < -0.39 is 6.09 Å². The van der Waals surface area contributed by atoms with Gasteiger partial charge in [-0.25, -0.2) is 4.79 Å². The standard InChI is InChI=1S/C25H30N4O5/c1-18(30)26-15-21-16-29(25(31)34-21)20-11-12-22-23(14-20)32-17-24(28(22)2)27-33-13-7-6-10-19-8-4-3-5-9-19/h3-5,8-9,11-12,14,21H,6-7,10,13,15-17H2,1-2H3,(H,26,30)/b27-24+/t21-/m0/s1. The molecule has 2 heterocycles. The largest absolute Gasteiger partial charge is 0.483 e. The Morgan fingerprint density at radius 2 is 2.03 bits per heavy atom. The molecule has 180 valence electrons. The number of amidine groups is 1. The van der Waals surface area contributed by atoms with Crippen molar-refractivity contribution >= 4 is 29.2 Å². The number of carbonyl (C=O) groups excluding carboxylic acids is 2. The predicted octanol–water partition coefficient (Wildman–Crippen LogP) is 3.33. The number of aryl methyl sites for hydroxylation is 1. The molecule has 1 atom stereocenters. The second-order valence-electron chi connectivity index (χ2n) is 8.34. The van der Waals surface area contributed by atoms with Gasteiger partial charge in [0.15, 0.2) is 5.84 Å². The van der Waals surface area contributed by atoms with E-state index in [0.717, 1.165) is 24.9 Å². The summed E-state index contributed by atoms with van der Waals surface area (Å²) in [6, 6.07) is 15.9. The van der Waals surface area contributed by atoms with Gasteiger partial charge in [-0.15, -0.1) is 0 Å². The van der Waals surface area contributed by atoms with Crippen LogP contribution in [-0.2, 0) is 20.8 Å². The van der Waals surface area contributed by atoms with Crippen molar-refractivity contribution in [3.63, 3.8) is 0 Å². The van der Waals surface area contributed by atoms with E-state index in [2.05, 4.69) is 34.7 Å². The molecule has 1 saturated heterocycles. The molecule has 34 heavy (non-hydrogen) atoms. The lowest BCUT2D eigenvalue weighted by Crippen LogP contribution is -2.36. The van der Waals surface area contributed by atoms with Crippen LogP contribution in [0.3, 0.4) is 0 Å². The maximum atomic E-state index is 12.3. The number of benzene rings is 2. The lowest BCUT2D eigenvalue weighted by atomic mass is 10.1. The van der Waals surface area contributed by atoms with E-state index in [9.17, 15) is 9.59 Å². The van der Waals surface area contributed by atoms with Crippen molar-refractivity contribution in [2.24, 2.45) is 5.16 Å². The van der Waals surface area contributed by atoms with Gasteiger partial charge in [0.25, 0.3) is 0 Å². The highest BCUT2D eigenvalue weighted by molar-refractivity contribution is 6.01. The Morgan fingerprint density at radius 3 is 2.82 bits per heavy atom. The highest BCUT2D eigenvalue weighted by Gasteiger charge is 2.33. The first-order chi connectivity index (χ1) is 16.5. The molecule has 0 spiro atoms. The van der Waals surface area contributed by atoms with Crippen molar-refractivity contribution < 1.29 is 23.9 Å². The zero-order valence-electron chi connectivity index (χ0n) is 19.5. The van der Waals surface area contributed by atoms with Crippen LogP contribution in [0.2, 0.25) is 0 Å². The summed E-state index contributed by atoms with van der Waals surface area (Å²) in [6.45, 7) is 2.90. The summed E-state index contributed by atoms with van der Waals surface area (Å²) in [5.41, 5.74) is 2.84. The van der Waals surface area contributed by atoms with Gasteiger partial charge in [-0.2, -0.15) is 0 Å². The SMILES string of the molecule is CC(=O)NC[C@H]1CN(c2ccc3c(c2)OC/C(=N\OCCCCc2ccccc2)N3C)C(=O)O1. The molecule has 9 nitrogen and oxygen atoms in total. The highest BCUT2D eigenvalue weighted by Crippen LogP contribution is 2.36. The number of anilines is 2. The predicted molar refractivity (Wildman–Crippen MR) is 129 cm³/mol. The van der Waals surface area contributed by atoms with E-state index in [-0.39, 0.29) is 25.2 Å². The minimum atomic E-state index is -0.442. The molecule has 2 aromatic carbocycles. The summed E-state index contributed by atoms with van der Waals surface area (Å²) in [5, 5.41) is 6.94. The van der Waals surface area contributed by atoms with Crippen LogP contribution in [0, 0.1) is 0 Å². The molecule has 0 aromatic heterocycles. The molecular formula is C25H30N4O5. The first-order valence-electron chi connectivity index (χ1n) is 11.5. The maximum Gasteiger partial charge on any atom is 0.414 e. The number of hydrogen-bond acceptors (Lipinski definition) is 6. The minimum Gasteiger partial charge on any atom is -0.483 e. The van der Waals surface area contributed by atoms with Crippen LogP contribution >= 0.6 is 0 Å². The number of nitrogens with one attached hydrogen (secondary N) is 1. The van der Waals surface area contributed by atoms with Crippen molar-refractivity contribution in [3.05, 3.63) is 54.1 Å². The summed E-state index contributed by atoms with van der Waals surface area (Å²) in [7, 11) is 1.91. The van der Waals surface area contributed by atoms with E-state index in [1.54, 1.807) is 0 Å². The van der Waals surface area contributed by atoms with Crippen LogP contribution in [0.25, 0.3) is 0 Å². The van der Waals surface area contributed by atoms with Gasteiger partial charge in [-0.05, 0) is 37.0 Å². The van der Waals surface area contributed by atoms with Crippen LogP contribution < -0.4 is 19.9 Å². The number of hydrogen-bond donors (Lipinski definition) is 1. The fraction of sp³-hybridized carbons (Fsp3) is 0.400. The van der Waals surface area contributed by atoms with Crippen LogP contribution in [0.1, 0.15) is 25.3 Å². The normalized spacial score (nSPS) is 18.4. The third kappa shape index (κ3) is 5.78. The Hall–Kier alpha value is -3.75. The number of carbonyl (C=O) groups is 2. The van der Waals surface area contributed by atoms with Crippen molar-refractivity contribution in [1.29, 1.82) is 0 Å². The zero-order chi connectivity index (χ0) is 23.9. The Morgan fingerprint density at radius 1 is 1.21 bits per heavy atom. The number of fused-ring (bicyclic) bond motifs is 1. The molecule has 2 aliphatic heterocycles. The topological polar surface area (TPSA) is 92.7 Å². The van der Waals surface area contributed by atoms with E-state index in [0.29, 0.717) is 30.4 Å². The van der Waals surface area contributed by atoms with Gasteiger partial charge in [-0.3, -0.25) is 9.69 Å². The van der Waals surface area contributed by atoms with Crippen LogP contribution in [0.5, 0.6) is 5.75 Å². The average molecular weight is 467 g/mol. The molecule has 0 aliphatic carbocycles. The van der Waals surface area contributed by atoms with Gasteiger partial charge in [0, 0.05) is 20.0 Å². The van der Waals surface area contributed by atoms with Gasteiger partial charge < -0.3 is 24.5 Å². The molecule has 0 radical (unpaired) electrons. The number of oxime groups is 1. The number of cyclic esters (lactones) is 1. The molecule has 1 fully saturated rings. The van der Waals surface area contributed by atoms with Crippen molar-refractivity contribution in [2.45, 2.75) is 32.3 Å². The molecule has 0 unspecified atom stereocenters. The molecule has 0 bridgehead atoms. The number of ether oxygens (including phenoxy) is 2. The Kier molecular flexibility index (Phi) is 7.51. The third-order valence-electron chi connectivity index (χ3n) is 5.78. The number of amides is 2. The van der Waals surface area contributed by atoms with Crippen molar-refractivity contribution in [3.8, 4) is 5.75 Å². The van der Waals surface area contributed by atoms with Gasteiger partial charge in [0.1, 0.15) is 25.1 Å². The molecule has 9 heteroatoms. The van der Waals surface area contributed by atoms with Crippen molar-refractivity contribution in [1.82, 2.24) is 5.32 Å².